The van der Waals surface area contributed by atoms with Crippen molar-refractivity contribution < 1.29 is 14.6 Å². The second-order valence-electron chi connectivity index (χ2n) is 3.72. The second-order valence-corrected chi connectivity index (χ2v) is 3.72. The van der Waals surface area contributed by atoms with Crippen LogP contribution in [0.25, 0.3) is 0 Å². The van der Waals surface area contributed by atoms with Crippen molar-refractivity contribution in [1.82, 2.24) is 0 Å². The van der Waals surface area contributed by atoms with E-state index in [0.29, 0.717) is 13.0 Å². The minimum atomic E-state index is 0.0130. The third-order valence-electron chi connectivity index (χ3n) is 2.63. The molecule has 1 saturated heterocycles. The molecule has 2 fully saturated rings. The van der Waals surface area contributed by atoms with Crippen molar-refractivity contribution in [1.29, 1.82) is 0 Å². The Kier molecular flexibility index (Phi) is 2.35. The highest BCUT2D eigenvalue weighted by Gasteiger charge is 2.50. The van der Waals surface area contributed by atoms with Crippen LogP contribution in [0.4, 0.5) is 0 Å². The van der Waals surface area contributed by atoms with Gasteiger partial charge in [0.1, 0.15) is 0 Å². The first-order valence-electron chi connectivity index (χ1n) is 4.75. The first-order chi connectivity index (χ1) is 5.85. The molecule has 12 heavy (non-hydrogen) atoms. The highest BCUT2D eigenvalue weighted by molar-refractivity contribution is 4.99. The van der Waals surface area contributed by atoms with Crippen molar-refractivity contribution >= 4 is 0 Å². The molecule has 0 aromatic rings. The number of rotatable bonds is 4. The summed E-state index contributed by atoms with van der Waals surface area (Å²) in [5, 5.41) is 8.53. The van der Waals surface area contributed by atoms with Gasteiger partial charge in [-0.15, -0.1) is 0 Å². The van der Waals surface area contributed by atoms with Gasteiger partial charge in [-0.25, -0.2) is 0 Å². The zero-order valence-electron chi connectivity index (χ0n) is 7.29. The molecule has 1 N–H and O–H groups in total. The van der Waals surface area contributed by atoms with E-state index in [1.54, 1.807) is 0 Å². The van der Waals surface area contributed by atoms with Crippen LogP contribution in [0.2, 0.25) is 0 Å². The lowest BCUT2D eigenvalue weighted by molar-refractivity contribution is -0.142. The van der Waals surface area contributed by atoms with Gasteiger partial charge >= 0.3 is 0 Å². The van der Waals surface area contributed by atoms with Gasteiger partial charge < -0.3 is 14.6 Å². The molecule has 0 aromatic heterocycles. The van der Waals surface area contributed by atoms with E-state index < -0.39 is 0 Å². The van der Waals surface area contributed by atoms with Crippen LogP contribution >= 0.6 is 0 Å². The normalized spacial score (nSPS) is 31.2. The molecule has 3 heteroatoms. The van der Waals surface area contributed by atoms with Crippen molar-refractivity contribution in [2.45, 2.75) is 44.0 Å². The Labute approximate surface area is 72.7 Å². The van der Waals surface area contributed by atoms with Crippen molar-refractivity contribution in [3.8, 4) is 0 Å². The predicted molar refractivity (Wildman–Crippen MR) is 43.7 cm³/mol. The largest absolute Gasteiger partial charge is 0.396 e. The van der Waals surface area contributed by atoms with Gasteiger partial charge in [0, 0.05) is 13.0 Å². The highest BCUT2D eigenvalue weighted by atomic mass is 16.7. The average molecular weight is 172 g/mol. The van der Waals surface area contributed by atoms with Crippen LogP contribution in [-0.2, 0) is 9.47 Å². The van der Waals surface area contributed by atoms with Crippen LogP contribution in [0.3, 0.4) is 0 Å². The number of ether oxygens (including phenoxy) is 2. The summed E-state index contributed by atoms with van der Waals surface area (Å²) in [4.78, 5) is 0. The summed E-state index contributed by atoms with van der Waals surface area (Å²) in [6.07, 6.45) is 5.36. The zero-order chi connectivity index (χ0) is 8.44. The molecule has 0 aromatic carbocycles. The molecule has 1 aliphatic carbocycles. The van der Waals surface area contributed by atoms with Crippen molar-refractivity contribution in [2.24, 2.45) is 0 Å². The van der Waals surface area contributed by atoms with Gasteiger partial charge in [-0.1, -0.05) is 0 Å². The minimum absolute atomic E-state index is 0.0130. The van der Waals surface area contributed by atoms with Crippen LogP contribution in [0, 0.1) is 0 Å². The van der Waals surface area contributed by atoms with Crippen molar-refractivity contribution in [3.63, 3.8) is 0 Å². The van der Waals surface area contributed by atoms with Crippen molar-refractivity contribution in [3.05, 3.63) is 0 Å². The van der Waals surface area contributed by atoms with Gasteiger partial charge in [-0.2, -0.15) is 0 Å². The van der Waals surface area contributed by atoms with Gasteiger partial charge in [0.2, 0.25) is 0 Å². The van der Waals surface area contributed by atoms with Gasteiger partial charge in [0.15, 0.2) is 6.29 Å². The molecule has 1 atom stereocenters. The maximum absolute atomic E-state index is 8.53. The van der Waals surface area contributed by atoms with E-state index in [-0.39, 0.29) is 18.5 Å². The molecule has 0 radical (unpaired) electrons. The molecule has 0 amide bonds. The van der Waals surface area contributed by atoms with Gasteiger partial charge in [0.25, 0.3) is 0 Å². The van der Waals surface area contributed by atoms with Crippen LogP contribution < -0.4 is 0 Å². The number of hydrogen-bond donors (Lipinski definition) is 1. The summed E-state index contributed by atoms with van der Waals surface area (Å²) in [5.41, 5.74) is 0.226. The molecule has 1 spiro atoms. The molecule has 3 nitrogen and oxygen atoms in total. The van der Waals surface area contributed by atoms with E-state index in [1.165, 1.54) is 12.8 Å². The first-order valence-corrected chi connectivity index (χ1v) is 4.75. The van der Waals surface area contributed by atoms with E-state index in [0.717, 1.165) is 12.8 Å². The van der Waals surface area contributed by atoms with E-state index >= 15 is 0 Å². The van der Waals surface area contributed by atoms with Crippen LogP contribution in [-0.4, -0.2) is 30.2 Å². The first kappa shape index (κ1) is 8.48. The summed E-state index contributed by atoms with van der Waals surface area (Å²) in [6.45, 7) is 0.828. The number of aliphatic hydroxyl groups excluding tert-OH is 1. The molecule has 1 aliphatic heterocycles. The second kappa shape index (κ2) is 3.32. The fourth-order valence-electron chi connectivity index (χ4n) is 1.68. The van der Waals surface area contributed by atoms with Crippen LogP contribution in [0.5, 0.6) is 0 Å². The predicted octanol–water partition coefficient (Wildman–Crippen LogP) is 1.05. The Morgan fingerprint density at radius 2 is 2.25 bits per heavy atom. The summed E-state index contributed by atoms with van der Waals surface area (Å²) < 4.78 is 11.1. The molecule has 1 unspecified atom stereocenters. The maximum Gasteiger partial charge on any atom is 0.158 e. The molecule has 2 rings (SSSR count). The molecule has 1 saturated carbocycles. The Morgan fingerprint density at radius 1 is 1.42 bits per heavy atom. The minimum Gasteiger partial charge on any atom is -0.396 e. The van der Waals surface area contributed by atoms with Crippen LogP contribution in [0.1, 0.15) is 32.1 Å². The quantitative estimate of drug-likeness (QED) is 0.644. The lowest BCUT2D eigenvalue weighted by atomic mass is 10.2. The number of hydrogen-bond acceptors (Lipinski definition) is 3. The number of aliphatic hydroxyl groups is 1. The smallest absolute Gasteiger partial charge is 0.158 e. The maximum atomic E-state index is 8.53. The summed E-state index contributed by atoms with van der Waals surface area (Å²) in [6, 6.07) is 0. The summed E-state index contributed by atoms with van der Waals surface area (Å²) in [7, 11) is 0. The van der Waals surface area contributed by atoms with Crippen LogP contribution in [0.15, 0.2) is 0 Å². The molecular formula is C9H16O3. The monoisotopic (exact) mass is 172 g/mol. The SMILES string of the molecule is OCCCOC1CCC2(CC2)O1. The van der Waals surface area contributed by atoms with Gasteiger partial charge in [-0.05, 0) is 25.7 Å². The average Bonchev–Trinajstić information content (AvgIpc) is 2.68. The topological polar surface area (TPSA) is 38.7 Å². The Bertz CT molecular complexity index is 154. The Hall–Kier alpha value is -0.120. The Balaban J connectivity index is 1.63. The van der Waals surface area contributed by atoms with E-state index in [9.17, 15) is 0 Å². The zero-order valence-corrected chi connectivity index (χ0v) is 7.29. The molecule has 70 valence electrons. The fraction of sp³-hybridized carbons (Fsp3) is 1.00. The highest BCUT2D eigenvalue weighted by Crippen LogP contribution is 2.49. The summed E-state index contributed by atoms with van der Waals surface area (Å²) >= 11 is 0. The molecule has 0 bridgehead atoms. The third-order valence-corrected chi connectivity index (χ3v) is 2.63. The van der Waals surface area contributed by atoms with Gasteiger partial charge in [0.05, 0.1) is 12.2 Å². The molecule has 2 aliphatic rings. The summed E-state index contributed by atoms with van der Waals surface area (Å²) in [5.74, 6) is 0. The Morgan fingerprint density at radius 3 is 2.83 bits per heavy atom. The van der Waals surface area contributed by atoms with Gasteiger partial charge in [-0.3, -0.25) is 0 Å². The van der Waals surface area contributed by atoms with E-state index in [1.807, 2.05) is 0 Å². The third kappa shape index (κ3) is 1.79. The fourth-order valence-corrected chi connectivity index (χ4v) is 1.68. The standard InChI is InChI=1S/C9H16O3/c10-6-1-7-11-8-2-3-9(12-8)4-5-9/h8,10H,1-7H2. The van der Waals surface area contributed by atoms with E-state index in [2.05, 4.69) is 0 Å². The molecule has 1 heterocycles. The lowest BCUT2D eigenvalue weighted by Crippen LogP contribution is -2.15. The van der Waals surface area contributed by atoms with Crippen molar-refractivity contribution in [2.75, 3.05) is 13.2 Å². The van der Waals surface area contributed by atoms with E-state index in [4.69, 9.17) is 14.6 Å². The lowest BCUT2D eigenvalue weighted by Gasteiger charge is -2.12. The molecular weight excluding hydrogens is 156 g/mol.